The molecule has 3 aromatic rings. The van der Waals surface area contributed by atoms with Crippen molar-refractivity contribution in [1.29, 1.82) is 0 Å². The van der Waals surface area contributed by atoms with Gasteiger partial charge in [0.15, 0.2) is 4.90 Å². The number of sulfonamides is 1. The Morgan fingerprint density at radius 3 is 2.71 bits per heavy atom. The van der Waals surface area contributed by atoms with Gasteiger partial charge in [-0.1, -0.05) is 12.1 Å². The number of hydrogen-bond acceptors (Lipinski definition) is 7. The fraction of sp³-hybridized carbons (Fsp3) is 0. The van der Waals surface area contributed by atoms with E-state index in [-0.39, 0.29) is 5.82 Å². The van der Waals surface area contributed by atoms with Crippen LogP contribution in [0.1, 0.15) is 0 Å². The zero-order valence-electron chi connectivity index (χ0n) is 12.0. The lowest BCUT2D eigenvalue weighted by atomic mass is 10.3. The largest absolute Gasteiger partial charge is 0.290 e. The summed E-state index contributed by atoms with van der Waals surface area (Å²) in [5.41, 5.74) is -0.520. The maximum Gasteiger partial charge on any atom is 0.289 e. The summed E-state index contributed by atoms with van der Waals surface area (Å²) >= 11 is 0. The number of nitrogens with one attached hydrogen (secondary N) is 1. The molecule has 11 heteroatoms. The lowest BCUT2D eigenvalue weighted by Gasteiger charge is -2.08. The molecule has 0 saturated carbocycles. The molecule has 0 saturated heterocycles. The number of nitrogens with zero attached hydrogens (tertiary/aromatic N) is 5. The van der Waals surface area contributed by atoms with Gasteiger partial charge in [-0.05, 0) is 6.07 Å². The SMILES string of the molecule is O=[N+]([O-])c1ccccc1S(=O)(=O)Nc1cc(-n2ccnc2)ncn1. The highest BCUT2D eigenvalue weighted by Gasteiger charge is 2.25. The fourth-order valence-corrected chi connectivity index (χ4v) is 3.14. The van der Waals surface area contributed by atoms with Crippen molar-refractivity contribution in [3.63, 3.8) is 0 Å². The number of aromatic nitrogens is 4. The predicted octanol–water partition coefficient (Wildman–Crippen LogP) is 1.37. The van der Waals surface area contributed by atoms with Crippen LogP contribution in [0.3, 0.4) is 0 Å². The van der Waals surface area contributed by atoms with Crippen LogP contribution in [0.2, 0.25) is 0 Å². The Kier molecular flexibility index (Phi) is 3.92. The number of anilines is 1. The van der Waals surface area contributed by atoms with E-state index < -0.39 is 25.5 Å². The first-order valence-electron chi connectivity index (χ1n) is 6.54. The van der Waals surface area contributed by atoms with Crippen LogP contribution < -0.4 is 4.72 Å². The van der Waals surface area contributed by atoms with Gasteiger partial charge in [0.1, 0.15) is 24.3 Å². The molecule has 0 spiro atoms. The molecule has 10 nitrogen and oxygen atoms in total. The van der Waals surface area contributed by atoms with Gasteiger partial charge in [0, 0.05) is 24.5 Å². The van der Waals surface area contributed by atoms with Crippen LogP contribution in [-0.2, 0) is 10.0 Å². The van der Waals surface area contributed by atoms with Crippen LogP contribution in [0.5, 0.6) is 0 Å². The lowest BCUT2D eigenvalue weighted by Crippen LogP contribution is -2.16. The average molecular weight is 346 g/mol. The summed E-state index contributed by atoms with van der Waals surface area (Å²) in [6.45, 7) is 0. The van der Waals surface area contributed by atoms with Crippen LogP contribution in [0, 0.1) is 10.1 Å². The van der Waals surface area contributed by atoms with E-state index in [0.717, 1.165) is 12.1 Å². The van der Waals surface area contributed by atoms with Gasteiger partial charge in [0.05, 0.1) is 4.92 Å². The van der Waals surface area contributed by atoms with Crippen LogP contribution in [0.25, 0.3) is 5.82 Å². The Labute approximate surface area is 136 Å². The van der Waals surface area contributed by atoms with Gasteiger partial charge in [0.25, 0.3) is 15.7 Å². The molecular formula is C13H10N6O4S. The minimum absolute atomic E-state index is 0.0214. The average Bonchev–Trinajstić information content (AvgIpc) is 3.09. The third-order valence-corrected chi connectivity index (χ3v) is 4.41. The Morgan fingerprint density at radius 1 is 1.21 bits per heavy atom. The van der Waals surface area contributed by atoms with Gasteiger partial charge in [-0.25, -0.2) is 23.4 Å². The molecule has 0 bridgehead atoms. The van der Waals surface area contributed by atoms with E-state index in [4.69, 9.17) is 0 Å². The monoisotopic (exact) mass is 346 g/mol. The van der Waals surface area contributed by atoms with Gasteiger partial charge in [0.2, 0.25) is 0 Å². The van der Waals surface area contributed by atoms with Crippen molar-refractivity contribution < 1.29 is 13.3 Å². The normalized spacial score (nSPS) is 11.2. The van der Waals surface area contributed by atoms with Crippen molar-refractivity contribution in [2.24, 2.45) is 0 Å². The van der Waals surface area contributed by atoms with Crippen molar-refractivity contribution in [2.45, 2.75) is 4.90 Å². The van der Waals surface area contributed by atoms with E-state index >= 15 is 0 Å². The third kappa shape index (κ3) is 3.05. The first kappa shape index (κ1) is 15.6. The van der Waals surface area contributed by atoms with Gasteiger partial charge >= 0.3 is 0 Å². The Balaban J connectivity index is 1.96. The number of hydrogen-bond donors (Lipinski definition) is 1. The quantitative estimate of drug-likeness (QED) is 0.545. The van der Waals surface area contributed by atoms with Gasteiger partial charge in [-0.15, -0.1) is 0 Å². The first-order chi connectivity index (χ1) is 11.5. The number of para-hydroxylation sites is 1. The second kappa shape index (κ2) is 6.04. The minimum atomic E-state index is -4.18. The van der Waals surface area contributed by atoms with E-state index in [1.54, 1.807) is 17.0 Å². The molecule has 0 unspecified atom stereocenters. The molecule has 3 rings (SSSR count). The molecule has 2 aromatic heterocycles. The molecule has 0 aliphatic heterocycles. The van der Waals surface area contributed by atoms with Gasteiger partial charge in [-0.3, -0.25) is 19.4 Å². The van der Waals surface area contributed by atoms with Crippen LogP contribution >= 0.6 is 0 Å². The smallest absolute Gasteiger partial charge is 0.289 e. The van der Waals surface area contributed by atoms with Gasteiger partial charge < -0.3 is 0 Å². The molecule has 0 amide bonds. The molecule has 1 N–H and O–H groups in total. The maximum atomic E-state index is 12.4. The third-order valence-electron chi connectivity index (χ3n) is 3.01. The maximum absolute atomic E-state index is 12.4. The molecule has 122 valence electrons. The number of rotatable bonds is 5. The standard InChI is InChI=1S/C13H10N6O4S/c20-19(21)10-3-1-2-4-11(10)24(22,23)17-12-7-13(16-8-15-12)18-6-5-14-9-18/h1-9H,(H,15,16,17). The summed E-state index contributed by atoms with van der Waals surface area (Å²) < 4.78 is 28.6. The molecular weight excluding hydrogens is 336 g/mol. The molecule has 2 heterocycles. The minimum Gasteiger partial charge on any atom is -0.290 e. The van der Waals surface area contributed by atoms with Crippen molar-refractivity contribution in [2.75, 3.05) is 4.72 Å². The van der Waals surface area contributed by atoms with E-state index in [9.17, 15) is 18.5 Å². The molecule has 0 radical (unpaired) electrons. The Bertz CT molecular complexity index is 987. The zero-order valence-corrected chi connectivity index (χ0v) is 12.8. The number of nitro benzene ring substituents is 1. The number of nitro groups is 1. The Hall–Kier alpha value is -3.34. The Morgan fingerprint density at radius 2 is 2.00 bits per heavy atom. The number of benzene rings is 1. The topological polar surface area (TPSA) is 133 Å². The summed E-state index contributed by atoms with van der Waals surface area (Å²) in [5, 5.41) is 11.0. The van der Waals surface area contributed by atoms with Crippen molar-refractivity contribution in [3.8, 4) is 5.82 Å². The van der Waals surface area contributed by atoms with Crippen molar-refractivity contribution >= 4 is 21.5 Å². The van der Waals surface area contributed by atoms with E-state index in [1.807, 2.05) is 0 Å². The van der Waals surface area contributed by atoms with E-state index in [1.165, 1.54) is 30.9 Å². The molecule has 0 aliphatic rings. The highest BCUT2D eigenvalue weighted by atomic mass is 32.2. The zero-order chi connectivity index (χ0) is 17.2. The van der Waals surface area contributed by atoms with E-state index in [2.05, 4.69) is 19.7 Å². The molecule has 0 aliphatic carbocycles. The first-order valence-corrected chi connectivity index (χ1v) is 8.02. The van der Waals surface area contributed by atoms with Gasteiger partial charge in [-0.2, -0.15) is 0 Å². The summed E-state index contributed by atoms with van der Waals surface area (Å²) in [5.74, 6) is 0.370. The lowest BCUT2D eigenvalue weighted by molar-refractivity contribution is -0.387. The van der Waals surface area contributed by atoms with Crippen molar-refractivity contribution in [3.05, 3.63) is 65.5 Å². The second-order valence-electron chi connectivity index (χ2n) is 4.56. The molecule has 0 atom stereocenters. The summed E-state index contributed by atoms with van der Waals surface area (Å²) in [7, 11) is -4.18. The fourth-order valence-electron chi connectivity index (χ4n) is 1.97. The summed E-state index contributed by atoms with van der Waals surface area (Å²) in [4.78, 5) is 21.5. The van der Waals surface area contributed by atoms with Crippen LogP contribution in [0.15, 0.2) is 60.3 Å². The predicted molar refractivity (Wildman–Crippen MR) is 83.1 cm³/mol. The van der Waals surface area contributed by atoms with Crippen LogP contribution in [-0.4, -0.2) is 32.9 Å². The van der Waals surface area contributed by atoms with Crippen LogP contribution in [0.4, 0.5) is 11.5 Å². The second-order valence-corrected chi connectivity index (χ2v) is 6.21. The van der Waals surface area contributed by atoms with E-state index in [0.29, 0.717) is 5.82 Å². The highest BCUT2D eigenvalue weighted by molar-refractivity contribution is 7.92. The molecule has 1 aromatic carbocycles. The number of imidazole rings is 1. The highest BCUT2D eigenvalue weighted by Crippen LogP contribution is 2.24. The molecule has 24 heavy (non-hydrogen) atoms. The summed E-state index contributed by atoms with van der Waals surface area (Å²) in [6, 6.07) is 6.44. The summed E-state index contributed by atoms with van der Waals surface area (Å²) in [6.07, 6.45) is 5.83. The molecule has 0 fully saturated rings. The van der Waals surface area contributed by atoms with Crippen molar-refractivity contribution in [1.82, 2.24) is 19.5 Å².